The van der Waals surface area contributed by atoms with Crippen LogP contribution in [0.2, 0.25) is 0 Å². The minimum atomic E-state index is -0.894. The second-order valence-corrected chi connectivity index (χ2v) is 6.11. The SMILES string of the molecule is O=C(O)CCNC(=O)C1(c2ccc(Br)cc2)CCCC1. The highest BCUT2D eigenvalue weighted by Gasteiger charge is 2.42. The summed E-state index contributed by atoms with van der Waals surface area (Å²) >= 11 is 3.40. The van der Waals surface area contributed by atoms with E-state index in [9.17, 15) is 9.59 Å². The van der Waals surface area contributed by atoms with Gasteiger partial charge >= 0.3 is 5.97 Å². The number of carboxylic acids is 1. The molecular formula is C15H18BrNO3. The van der Waals surface area contributed by atoms with Gasteiger partial charge in [0.2, 0.25) is 5.91 Å². The molecule has 20 heavy (non-hydrogen) atoms. The Bertz CT molecular complexity index is 492. The van der Waals surface area contributed by atoms with Crippen LogP contribution in [0.5, 0.6) is 0 Å². The number of amides is 1. The minimum absolute atomic E-state index is 0.0395. The highest BCUT2D eigenvalue weighted by atomic mass is 79.9. The number of carbonyl (C=O) groups is 2. The molecule has 5 heteroatoms. The number of halogens is 1. The van der Waals surface area contributed by atoms with E-state index >= 15 is 0 Å². The van der Waals surface area contributed by atoms with Crippen LogP contribution in [-0.2, 0) is 15.0 Å². The standard InChI is InChI=1S/C15H18BrNO3/c16-12-5-3-11(4-6-12)15(8-1-2-9-15)14(20)17-10-7-13(18)19/h3-6H,1-2,7-10H2,(H,17,20)(H,18,19). The molecule has 1 amide bonds. The maximum absolute atomic E-state index is 12.5. The van der Waals surface area contributed by atoms with Crippen molar-refractivity contribution in [3.05, 3.63) is 34.3 Å². The van der Waals surface area contributed by atoms with Crippen molar-refractivity contribution in [1.29, 1.82) is 0 Å². The third-order valence-electron chi connectivity index (χ3n) is 3.91. The van der Waals surface area contributed by atoms with Gasteiger partial charge in [0.1, 0.15) is 0 Å². The van der Waals surface area contributed by atoms with Gasteiger partial charge in [-0.3, -0.25) is 9.59 Å². The number of benzene rings is 1. The topological polar surface area (TPSA) is 66.4 Å². The summed E-state index contributed by atoms with van der Waals surface area (Å²) in [6.45, 7) is 0.187. The predicted molar refractivity (Wildman–Crippen MR) is 79.6 cm³/mol. The van der Waals surface area contributed by atoms with Crippen molar-refractivity contribution in [3.63, 3.8) is 0 Å². The molecule has 0 bridgehead atoms. The van der Waals surface area contributed by atoms with Gasteiger partial charge in [0, 0.05) is 11.0 Å². The summed E-state index contributed by atoms with van der Waals surface area (Å²) in [5, 5.41) is 11.4. The monoisotopic (exact) mass is 339 g/mol. The van der Waals surface area contributed by atoms with Crippen molar-refractivity contribution in [2.45, 2.75) is 37.5 Å². The molecule has 0 spiro atoms. The molecule has 1 aromatic carbocycles. The van der Waals surface area contributed by atoms with Crippen LogP contribution in [0, 0.1) is 0 Å². The number of rotatable bonds is 5. The minimum Gasteiger partial charge on any atom is -0.481 e. The molecule has 2 N–H and O–H groups in total. The van der Waals surface area contributed by atoms with E-state index in [4.69, 9.17) is 5.11 Å². The molecule has 0 atom stereocenters. The summed E-state index contributed by atoms with van der Waals surface area (Å²) in [6, 6.07) is 7.85. The number of hydrogen-bond acceptors (Lipinski definition) is 2. The van der Waals surface area contributed by atoms with Crippen LogP contribution in [-0.4, -0.2) is 23.5 Å². The van der Waals surface area contributed by atoms with E-state index in [-0.39, 0.29) is 18.9 Å². The van der Waals surface area contributed by atoms with Crippen molar-refractivity contribution < 1.29 is 14.7 Å². The molecule has 0 radical (unpaired) electrons. The fraction of sp³-hybridized carbons (Fsp3) is 0.467. The quantitative estimate of drug-likeness (QED) is 0.866. The number of hydrogen-bond donors (Lipinski definition) is 2. The Morgan fingerprint density at radius 1 is 1.20 bits per heavy atom. The molecule has 0 aliphatic heterocycles. The molecule has 0 heterocycles. The largest absolute Gasteiger partial charge is 0.481 e. The second-order valence-electron chi connectivity index (χ2n) is 5.20. The van der Waals surface area contributed by atoms with Crippen LogP contribution in [0.4, 0.5) is 0 Å². The van der Waals surface area contributed by atoms with E-state index in [0.29, 0.717) is 0 Å². The Morgan fingerprint density at radius 2 is 1.80 bits per heavy atom. The lowest BCUT2D eigenvalue weighted by molar-refractivity contribution is -0.137. The molecule has 1 aliphatic rings. The van der Waals surface area contributed by atoms with Crippen LogP contribution in [0.25, 0.3) is 0 Å². The number of nitrogens with one attached hydrogen (secondary N) is 1. The van der Waals surface area contributed by atoms with E-state index in [1.165, 1.54) is 0 Å². The first kappa shape index (κ1) is 15.0. The second kappa shape index (κ2) is 6.39. The molecule has 2 rings (SSSR count). The van der Waals surface area contributed by atoms with Crippen LogP contribution < -0.4 is 5.32 Å². The zero-order chi connectivity index (χ0) is 14.6. The van der Waals surface area contributed by atoms with Gasteiger partial charge in [-0.25, -0.2) is 0 Å². The lowest BCUT2D eigenvalue weighted by atomic mass is 9.78. The van der Waals surface area contributed by atoms with E-state index in [1.54, 1.807) is 0 Å². The molecule has 0 saturated heterocycles. The molecule has 1 aliphatic carbocycles. The summed E-state index contributed by atoms with van der Waals surface area (Å²) in [5.74, 6) is -0.937. The van der Waals surface area contributed by atoms with Gasteiger partial charge in [-0.2, -0.15) is 0 Å². The van der Waals surface area contributed by atoms with E-state index < -0.39 is 11.4 Å². The number of carbonyl (C=O) groups excluding carboxylic acids is 1. The maximum atomic E-state index is 12.5. The molecule has 1 aromatic rings. The summed E-state index contributed by atoms with van der Waals surface area (Å²) in [4.78, 5) is 23.1. The van der Waals surface area contributed by atoms with Gasteiger partial charge in [-0.1, -0.05) is 40.9 Å². The Morgan fingerprint density at radius 3 is 2.35 bits per heavy atom. The Labute approximate surface area is 126 Å². The van der Waals surface area contributed by atoms with E-state index in [2.05, 4.69) is 21.2 Å². The molecule has 1 fully saturated rings. The summed E-state index contributed by atoms with van der Waals surface area (Å²) in [7, 11) is 0. The first-order valence-electron chi connectivity index (χ1n) is 6.81. The Kier molecular flexibility index (Phi) is 4.81. The first-order chi connectivity index (χ1) is 9.54. The number of aliphatic carboxylic acids is 1. The van der Waals surface area contributed by atoms with Crippen LogP contribution in [0.3, 0.4) is 0 Å². The molecule has 4 nitrogen and oxygen atoms in total. The van der Waals surface area contributed by atoms with Crippen LogP contribution >= 0.6 is 15.9 Å². The van der Waals surface area contributed by atoms with Crippen molar-refractivity contribution in [2.75, 3.05) is 6.54 Å². The van der Waals surface area contributed by atoms with Crippen LogP contribution in [0.15, 0.2) is 28.7 Å². The molecule has 0 unspecified atom stereocenters. The maximum Gasteiger partial charge on any atom is 0.305 e. The molecule has 0 aromatic heterocycles. The van der Waals surface area contributed by atoms with Gasteiger partial charge in [-0.05, 0) is 30.5 Å². The summed E-state index contributed by atoms with van der Waals surface area (Å²) in [6.07, 6.45) is 3.67. The lowest BCUT2D eigenvalue weighted by Crippen LogP contribution is -2.43. The van der Waals surface area contributed by atoms with Crippen molar-refractivity contribution in [1.82, 2.24) is 5.32 Å². The lowest BCUT2D eigenvalue weighted by Gasteiger charge is -2.28. The van der Waals surface area contributed by atoms with Gasteiger partial charge in [0.25, 0.3) is 0 Å². The zero-order valence-corrected chi connectivity index (χ0v) is 12.8. The highest BCUT2D eigenvalue weighted by Crippen LogP contribution is 2.41. The number of carboxylic acid groups (broad SMARTS) is 1. The average Bonchev–Trinajstić information content (AvgIpc) is 2.89. The first-order valence-corrected chi connectivity index (χ1v) is 7.60. The van der Waals surface area contributed by atoms with Gasteiger partial charge in [0.05, 0.1) is 11.8 Å². The van der Waals surface area contributed by atoms with Crippen molar-refractivity contribution in [3.8, 4) is 0 Å². The predicted octanol–water partition coefficient (Wildman–Crippen LogP) is 2.85. The molecule has 1 saturated carbocycles. The van der Waals surface area contributed by atoms with Gasteiger partial charge < -0.3 is 10.4 Å². The summed E-state index contributed by atoms with van der Waals surface area (Å²) in [5.41, 5.74) is 0.533. The smallest absolute Gasteiger partial charge is 0.305 e. The Hall–Kier alpha value is -1.36. The van der Waals surface area contributed by atoms with Gasteiger partial charge in [-0.15, -0.1) is 0 Å². The fourth-order valence-electron chi connectivity index (χ4n) is 2.85. The van der Waals surface area contributed by atoms with Crippen molar-refractivity contribution >= 4 is 27.8 Å². The fourth-order valence-corrected chi connectivity index (χ4v) is 3.11. The third-order valence-corrected chi connectivity index (χ3v) is 4.44. The summed E-state index contributed by atoms with van der Waals surface area (Å²) < 4.78 is 0.987. The zero-order valence-electron chi connectivity index (χ0n) is 11.2. The Balaban J connectivity index is 2.14. The van der Waals surface area contributed by atoms with E-state index in [1.807, 2.05) is 24.3 Å². The van der Waals surface area contributed by atoms with Gasteiger partial charge in [0.15, 0.2) is 0 Å². The molecular weight excluding hydrogens is 322 g/mol. The average molecular weight is 340 g/mol. The van der Waals surface area contributed by atoms with Crippen molar-refractivity contribution in [2.24, 2.45) is 0 Å². The van der Waals surface area contributed by atoms with E-state index in [0.717, 1.165) is 35.7 Å². The van der Waals surface area contributed by atoms with Crippen LogP contribution in [0.1, 0.15) is 37.7 Å². The highest BCUT2D eigenvalue weighted by molar-refractivity contribution is 9.10. The third kappa shape index (κ3) is 3.20. The normalized spacial score (nSPS) is 16.9. The molecule has 108 valence electrons.